The molecule has 0 saturated carbocycles. The average molecular weight is 558 g/mol. The van der Waals surface area contributed by atoms with Crippen molar-refractivity contribution in [2.45, 2.75) is 33.4 Å². The van der Waals surface area contributed by atoms with Crippen molar-refractivity contribution in [3.8, 4) is 11.3 Å². The summed E-state index contributed by atoms with van der Waals surface area (Å²) in [5.41, 5.74) is 3.41. The predicted molar refractivity (Wildman–Crippen MR) is 153 cm³/mol. The third kappa shape index (κ3) is 5.69. The summed E-state index contributed by atoms with van der Waals surface area (Å²) in [6.45, 7) is 6.36. The number of aromatic nitrogens is 5. The van der Waals surface area contributed by atoms with Crippen molar-refractivity contribution in [2.24, 2.45) is 0 Å². The van der Waals surface area contributed by atoms with E-state index < -0.39 is 11.6 Å². The van der Waals surface area contributed by atoms with E-state index >= 15 is 0 Å². The van der Waals surface area contributed by atoms with Crippen LogP contribution in [-0.2, 0) is 11.3 Å². The molecule has 0 radical (unpaired) electrons. The normalized spacial score (nSPS) is 11.2. The quantitative estimate of drug-likeness (QED) is 0.225. The number of pyridine rings is 1. The van der Waals surface area contributed by atoms with Crippen LogP contribution in [0, 0.1) is 18.6 Å². The number of carbonyl (C=O) groups is 1. The monoisotopic (exact) mass is 557 g/mol. The maximum absolute atomic E-state index is 15.0. The van der Waals surface area contributed by atoms with Gasteiger partial charge in [0, 0.05) is 25.2 Å². The average Bonchev–Trinajstić information content (AvgIpc) is 3.31. The highest BCUT2D eigenvalue weighted by Crippen LogP contribution is 2.30. The zero-order valence-corrected chi connectivity index (χ0v) is 23.3. The molecule has 3 aromatic heterocycles. The molecule has 1 N–H and O–H groups in total. The minimum absolute atomic E-state index is 0.0352. The molecule has 5 rings (SSSR count). The van der Waals surface area contributed by atoms with Crippen LogP contribution < -0.4 is 10.2 Å². The Hall–Kier alpha value is -4.93. The lowest BCUT2D eigenvalue weighted by Gasteiger charge is -2.19. The number of nitrogens with one attached hydrogen (secondary N) is 1. The third-order valence-corrected chi connectivity index (χ3v) is 6.68. The number of ether oxygens (including phenoxy) is 1. The fourth-order valence-corrected chi connectivity index (χ4v) is 4.72. The van der Waals surface area contributed by atoms with Gasteiger partial charge in [0.05, 0.1) is 36.3 Å². The Morgan fingerprint density at radius 3 is 2.44 bits per heavy atom. The lowest BCUT2D eigenvalue weighted by molar-refractivity contribution is 0.0600. The predicted octanol–water partition coefficient (Wildman–Crippen LogP) is 6.22. The summed E-state index contributed by atoms with van der Waals surface area (Å²) >= 11 is 0. The van der Waals surface area contributed by atoms with Gasteiger partial charge < -0.3 is 19.5 Å². The highest BCUT2D eigenvalue weighted by atomic mass is 19.1. The minimum Gasteiger partial charge on any atom is -0.465 e. The molecule has 0 aliphatic carbocycles. The summed E-state index contributed by atoms with van der Waals surface area (Å²) in [7, 11) is 3.28. The number of methoxy groups -OCH3 is 1. The number of nitrogens with zero attached hydrogens (tertiary/aromatic N) is 6. The number of anilines is 3. The Bertz CT molecular complexity index is 1720. The van der Waals surface area contributed by atoms with Crippen molar-refractivity contribution < 1.29 is 18.3 Å². The van der Waals surface area contributed by atoms with Crippen LogP contribution in [0.25, 0.3) is 22.3 Å². The number of esters is 1. The van der Waals surface area contributed by atoms with E-state index in [9.17, 15) is 13.6 Å². The zero-order chi connectivity index (χ0) is 29.3. The number of hydrogen-bond donors (Lipinski definition) is 1. The molecule has 9 nitrogen and oxygen atoms in total. The van der Waals surface area contributed by atoms with E-state index in [1.165, 1.54) is 13.2 Å². The topological polar surface area (TPSA) is 98.1 Å². The molecule has 0 aliphatic rings. The number of rotatable bonds is 8. The van der Waals surface area contributed by atoms with Crippen molar-refractivity contribution in [3.05, 3.63) is 89.5 Å². The highest BCUT2D eigenvalue weighted by molar-refractivity contribution is 5.89. The van der Waals surface area contributed by atoms with E-state index in [1.807, 2.05) is 55.5 Å². The smallest absolute Gasteiger partial charge is 0.337 e. The molecule has 2 aromatic carbocycles. The van der Waals surface area contributed by atoms with Crippen LogP contribution in [0.4, 0.5) is 26.2 Å². The van der Waals surface area contributed by atoms with Crippen LogP contribution in [0.5, 0.6) is 0 Å². The second-order valence-corrected chi connectivity index (χ2v) is 9.91. The van der Waals surface area contributed by atoms with E-state index in [4.69, 9.17) is 4.74 Å². The van der Waals surface area contributed by atoms with E-state index in [-0.39, 0.29) is 34.7 Å². The Morgan fingerprint density at radius 1 is 1.02 bits per heavy atom. The summed E-state index contributed by atoms with van der Waals surface area (Å²) < 4.78 is 36.5. The highest BCUT2D eigenvalue weighted by Gasteiger charge is 2.18. The SMILES string of the molecule is COC(=O)c1ccc(CN(C)c2ccc(Nc3ncc(F)c(-c4cc(F)c5nc(C)n(C(C)C)c5c4)n3)nc2)cc1. The fraction of sp³-hybridized carbons (Fsp3) is 0.233. The Morgan fingerprint density at radius 2 is 1.78 bits per heavy atom. The summed E-state index contributed by atoms with van der Waals surface area (Å²) in [5, 5.41) is 2.99. The Kier molecular flexibility index (Phi) is 7.60. The van der Waals surface area contributed by atoms with Crippen molar-refractivity contribution in [3.63, 3.8) is 0 Å². The van der Waals surface area contributed by atoms with Crippen LogP contribution in [0.1, 0.15) is 41.6 Å². The van der Waals surface area contributed by atoms with Crippen molar-refractivity contribution in [2.75, 3.05) is 24.4 Å². The second kappa shape index (κ2) is 11.3. The van der Waals surface area contributed by atoms with Crippen LogP contribution >= 0.6 is 0 Å². The molecule has 0 amide bonds. The van der Waals surface area contributed by atoms with Gasteiger partial charge in [-0.05, 0) is 62.7 Å². The molecule has 0 spiro atoms. The molecule has 0 fully saturated rings. The van der Waals surface area contributed by atoms with Crippen LogP contribution in [-0.4, -0.2) is 44.6 Å². The van der Waals surface area contributed by atoms with Gasteiger partial charge in [0.15, 0.2) is 11.6 Å². The molecule has 11 heteroatoms. The maximum Gasteiger partial charge on any atom is 0.337 e. The van der Waals surface area contributed by atoms with Gasteiger partial charge in [-0.2, -0.15) is 0 Å². The Balaban J connectivity index is 1.33. The van der Waals surface area contributed by atoms with Gasteiger partial charge in [-0.1, -0.05) is 12.1 Å². The molecule has 0 saturated heterocycles. The number of carbonyl (C=O) groups excluding carboxylic acids is 1. The van der Waals surface area contributed by atoms with E-state index in [0.717, 1.165) is 17.4 Å². The number of aryl methyl sites for hydroxylation is 1. The van der Waals surface area contributed by atoms with Gasteiger partial charge in [0.2, 0.25) is 5.95 Å². The number of benzene rings is 2. The van der Waals surface area contributed by atoms with E-state index in [1.54, 1.807) is 30.5 Å². The molecule has 0 bridgehead atoms. The Labute approximate surface area is 235 Å². The molecule has 0 aliphatic heterocycles. The third-order valence-electron chi connectivity index (χ3n) is 6.68. The summed E-state index contributed by atoms with van der Waals surface area (Å²) in [6, 6.07) is 13.8. The number of imidazole rings is 1. The van der Waals surface area contributed by atoms with Crippen LogP contribution in [0.2, 0.25) is 0 Å². The van der Waals surface area contributed by atoms with Gasteiger partial charge in [0.1, 0.15) is 22.9 Å². The molecule has 41 heavy (non-hydrogen) atoms. The molecular weight excluding hydrogens is 528 g/mol. The van der Waals surface area contributed by atoms with Gasteiger partial charge in [-0.25, -0.2) is 33.5 Å². The first kappa shape index (κ1) is 27.6. The standard InChI is InChI=1S/C30H29F2N7O2/c1-17(2)39-18(3)35-28-23(31)12-21(13-25(28)39)27-24(32)15-34-30(37-27)36-26-11-10-22(14-33-26)38(4)16-19-6-8-20(9-7-19)29(40)41-5/h6-15,17H,16H2,1-5H3,(H,33,34,36,37). The van der Waals surface area contributed by atoms with E-state index in [0.29, 0.717) is 29.3 Å². The van der Waals surface area contributed by atoms with Crippen molar-refractivity contribution in [1.29, 1.82) is 0 Å². The number of hydrogen-bond acceptors (Lipinski definition) is 8. The molecule has 5 aromatic rings. The number of halogens is 2. The van der Waals surface area contributed by atoms with Gasteiger partial charge in [-0.3, -0.25) is 0 Å². The maximum atomic E-state index is 15.0. The lowest BCUT2D eigenvalue weighted by Crippen LogP contribution is -2.16. The van der Waals surface area contributed by atoms with E-state index in [2.05, 4.69) is 25.3 Å². The van der Waals surface area contributed by atoms with Crippen molar-refractivity contribution in [1.82, 2.24) is 24.5 Å². The molecular formula is C30H29F2N7O2. The molecule has 210 valence electrons. The largest absolute Gasteiger partial charge is 0.465 e. The van der Waals surface area contributed by atoms with Crippen LogP contribution in [0.15, 0.2) is 60.9 Å². The summed E-state index contributed by atoms with van der Waals surface area (Å²) in [5.74, 6) is -0.351. The molecule has 3 heterocycles. The van der Waals surface area contributed by atoms with Crippen LogP contribution in [0.3, 0.4) is 0 Å². The first-order valence-corrected chi connectivity index (χ1v) is 13.0. The first-order chi connectivity index (χ1) is 19.6. The van der Waals surface area contributed by atoms with Gasteiger partial charge in [-0.15, -0.1) is 0 Å². The second-order valence-electron chi connectivity index (χ2n) is 9.91. The summed E-state index contributed by atoms with van der Waals surface area (Å²) in [4.78, 5) is 30.8. The lowest BCUT2D eigenvalue weighted by atomic mass is 10.1. The van der Waals surface area contributed by atoms with Crippen molar-refractivity contribution >= 4 is 34.5 Å². The fourth-order valence-electron chi connectivity index (χ4n) is 4.72. The first-order valence-electron chi connectivity index (χ1n) is 13.0. The minimum atomic E-state index is -0.675. The number of fused-ring (bicyclic) bond motifs is 1. The van der Waals surface area contributed by atoms with Gasteiger partial charge in [0.25, 0.3) is 0 Å². The van der Waals surface area contributed by atoms with Gasteiger partial charge >= 0.3 is 5.97 Å². The summed E-state index contributed by atoms with van der Waals surface area (Å²) in [6.07, 6.45) is 2.74. The molecule has 0 unspecified atom stereocenters. The zero-order valence-electron chi connectivity index (χ0n) is 23.3. The molecule has 0 atom stereocenters.